The summed E-state index contributed by atoms with van der Waals surface area (Å²) in [5.74, 6) is 0. The largest absolute Gasteiger partial charge is 0.420 e. The average Bonchev–Trinajstić information content (AvgIpc) is 2.51. The maximum Gasteiger partial charge on any atom is 0.420 e. The predicted octanol–water partition coefficient (Wildman–Crippen LogP) is 1.93. The SMILES string of the molecule is CC(NC(=O)NNS(=O)(=O)c1ccc(C#N)cc1)(C(F)(F)F)C(F)(F)F. The van der Waals surface area contributed by atoms with E-state index in [0.717, 1.165) is 24.3 Å². The molecule has 0 spiro atoms. The summed E-state index contributed by atoms with van der Waals surface area (Å²) in [5.41, 5.74) is -3.31. The predicted molar refractivity (Wildman–Crippen MR) is 73.7 cm³/mol. The second-order valence-electron chi connectivity index (χ2n) is 4.94. The molecule has 0 saturated carbocycles. The van der Waals surface area contributed by atoms with E-state index < -0.39 is 38.8 Å². The summed E-state index contributed by atoms with van der Waals surface area (Å²) in [6.45, 7) is -0.318. The van der Waals surface area contributed by atoms with Gasteiger partial charge in [-0.1, -0.05) is 0 Å². The van der Waals surface area contributed by atoms with Crippen molar-refractivity contribution < 1.29 is 39.6 Å². The number of hydrogen-bond donors (Lipinski definition) is 3. The average molecular weight is 404 g/mol. The van der Waals surface area contributed by atoms with Crippen LogP contribution in [0.5, 0.6) is 0 Å². The number of nitrogens with zero attached hydrogens (tertiary/aromatic N) is 1. The highest BCUT2D eigenvalue weighted by molar-refractivity contribution is 7.89. The number of alkyl halides is 6. The number of carbonyl (C=O) groups excluding carboxylic acids is 1. The number of halogens is 6. The van der Waals surface area contributed by atoms with Crippen molar-refractivity contribution in [1.82, 2.24) is 15.6 Å². The Balaban J connectivity index is 2.89. The van der Waals surface area contributed by atoms with E-state index in [2.05, 4.69) is 0 Å². The van der Waals surface area contributed by atoms with Gasteiger partial charge in [0.15, 0.2) is 0 Å². The third-order valence-corrected chi connectivity index (χ3v) is 4.35. The van der Waals surface area contributed by atoms with E-state index in [9.17, 15) is 39.6 Å². The molecule has 7 nitrogen and oxygen atoms in total. The van der Waals surface area contributed by atoms with Gasteiger partial charge in [0, 0.05) is 0 Å². The summed E-state index contributed by atoms with van der Waals surface area (Å²) >= 11 is 0. The third kappa shape index (κ3) is 4.55. The molecule has 0 radical (unpaired) electrons. The second-order valence-corrected chi connectivity index (χ2v) is 6.62. The number of hydrazine groups is 1. The minimum Gasteiger partial charge on any atom is -0.315 e. The summed E-state index contributed by atoms with van der Waals surface area (Å²) < 4.78 is 99.5. The zero-order valence-corrected chi connectivity index (χ0v) is 13.5. The minimum atomic E-state index is -5.89. The van der Waals surface area contributed by atoms with Crippen LogP contribution in [-0.4, -0.2) is 32.3 Å². The summed E-state index contributed by atoms with van der Waals surface area (Å²) in [7, 11) is -4.50. The van der Waals surface area contributed by atoms with Crippen LogP contribution in [0.15, 0.2) is 29.2 Å². The Bertz CT molecular complexity index is 797. The van der Waals surface area contributed by atoms with Crippen LogP contribution in [0.4, 0.5) is 31.1 Å². The number of nitriles is 1. The summed E-state index contributed by atoms with van der Waals surface area (Å²) in [6.07, 6.45) is -11.8. The number of amides is 2. The standard InChI is InChI=1S/C12H10F6N4O3S/c1-10(11(13,14)15,12(16,17)18)20-9(23)21-22-26(24,25)8-4-2-7(6-19)3-5-8/h2-5,22H,1H3,(H2,20,21,23). The fourth-order valence-corrected chi connectivity index (χ4v) is 2.28. The number of benzene rings is 1. The molecule has 0 aliphatic rings. The normalized spacial score (nSPS) is 13.0. The first-order chi connectivity index (χ1) is 11.6. The zero-order valence-electron chi connectivity index (χ0n) is 12.7. The van der Waals surface area contributed by atoms with Gasteiger partial charge in [0.2, 0.25) is 5.54 Å². The van der Waals surface area contributed by atoms with Crippen molar-refractivity contribution in [2.45, 2.75) is 29.7 Å². The lowest BCUT2D eigenvalue weighted by Gasteiger charge is -2.34. The highest BCUT2D eigenvalue weighted by atomic mass is 32.2. The third-order valence-electron chi connectivity index (χ3n) is 3.09. The van der Waals surface area contributed by atoms with E-state index in [4.69, 9.17) is 5.26 Å². The Morgan fingerprint density at radius 3 is 1.88 bits per heavy atom. The van der Waals surface area contributed by atoms with Crippen LogP contribution in [0.25, 0.3) is 0 Å². The molecule has 0 aromatic heterocycles. The van der Waals surface area contributed by atoms with Crippen molar-refractivity contribution >= 4 is 16.1 Å². The quantitative estimate of drug-likeness (QED) is 0.526. The molecule has 0 aliphatic heterocycles. The van der Waals surface area contributed by atoms with E-state index >= 15 is 0 Å². The van der Waals surface area contributed by atoms with E-state index in [1.54, 1.807) is 6.07 Å². The number of carbonyl (C=O) groups is 1. The van der Waals surface area contributed by atoms with Crippen molar-refractivity contribution in [3.05, 3.63) is 29.8 Å². The molecule has 0 heterocycles. The number of rotatable bonds is 4. The van der Waals surface area contributed by atoms with Gasteiger partial charge in [-0.2, -0.15) is 31.6 Å². The van der Waals surface area contributed by atoms with Gasteiger partial charge in [-0.05, 0) is 31.2 Å². The number of nitrogens with one attached hydrogen (secondary N) is 3. The van der Waals surface area contributed by atoms with Gasteiger partial charge in [0.25, 0.3) is 10.0 Å². The monoisotopic (exact) mass is 404 g/mol. The first-order valence-electron chi connectivity index (χ1n) is 6.37. The highest BCUT2D eigenvalue weighted by Gasteiger charge is 2.68. The van der Waals surface area contributed by atoms with Gasteiger partial charge in [-0.15, -0.1) is 4.83 Å². The molecule has 1 aromatic rings. The molecule has 14 heteroatoms. The maximum atomic E-state index is 12.6. The molecule has 0 bridgehead atoms. The Hall–Kier alpha value is -2.53. The van der Waals surface area contributed by atoms with Crippen molar-refractivity contribution in [2.24, 2.45) is 0 Å². The Morgan fingerprint density at radius 1 is 1.04 bits per heavy atom. The molecule has 0 fully saturated rings. The van der Waals surface area contributed by atoms with E-state index in [1.807, 2.05) is 0 Å². The molecule has 3 N–H and O–H groups in total. The van der Waals surface area contributed by atoms with Gasteiger partial charge in [0.1, 0.15) is 0 Å². The van der Waals surface area contributed by atoms with Crippen molar-refractivity contribution in [3.8, 4) is 6.07 Å². The Kier molecular flexibility index (Phi) is 5.79. The summed E-state index contributed by atoms with van der Waals surface area (Å²) in [6, 6.07) is 3.69. The van der Waals surface area contributed by atoms with Gasteiger partial charge in [-0.25, -0.2) is 13.2 Å². The molecule has 1 rings (SSSR count). The highest BCUT2D eigenvalue weighted by Crippen LogP contribution is 2.42. The molecule has 0 unspecified atom stereocenters. The van der Waals surface area contributed by atoms with Crippen LogP contribution < -0.4 is 15.6 Å². The fourth-order valence-electron chi connectivity index (χ4n) is 1.44. The fraction of sp³-hybridized carbons (Fsp3) is 0.333. The van der Waals surface area contributed by atoms with Crippen molar-refractivity contribution in [2.75, 3.05) is 0 Å². The number of hydrogen-bond acceptors (Lipinski definition) is 4. The van der Waals surface area contributed by atoms with Gasteiger partial charge < -0.3 is 5.32 Å². The summed E-state index contributed by atoms with van der Waals surface area (Å²) in [5, 5.41) is 9.23. The molecule has 0 saturated heterocycles. The molecular formula is C12H10F6N4O3S. The second kappa shape index (κ2) is 7.00. The van der Waals surface area contributed by atoms with E-state index in [0.29, 0.717) is 5.32 Å². The lowest BCUT2D eigenvalue weighted by atomic mass is 10.0. The summed E-state index contributed by atoms with van der Waals surface area (Å²) in [4.78, 5) is 12.2. The Labute approximate surface area is 143 Å². The molecular weight excluding hydrogens is 394 g/mol. The number of urea groups is 1. The van der Waals surface area contributed by atoms with E-state index in [1.165, 1.54) is 10.3 Å². The number of sulfonamides is 1. The molecule has 144 valence electrons. The molecule has 2 amide bonds. The topological polar surface area (TPSA) is 111 Å². The van der Waals surface area contributed by atoms with Crippen LogP contribution >= 0.6 is 0 Å². The van der Waals surface area contributed by atoms with Crippen LogP contribution in [0.3, 0.4) is 0 Å². The first kappa shape index (κ1) is 21.5. The van der Waals surface area contributed by atoms with Crippen molar-refractivity contribution in [1.29, 1.82) is 5.26 Å². The van der Waals surface area contributed by atoms with Crippen LogP contribution in [-0.2, 0) is 10.0 Å². The maximum absolute atomic E-state index is 12.6. The first-order valence-corrected chi connectivity index (χ1v) is 7.86. The van der Waals surface area contributed by atoms with Gasteiger partial charge >= 0.3 is 18.4 Å². The Morgan fingerprint density at radius 2 is 1.50 bits per heavy atom. The molecule has 1 aromatic carbocycles. The lowest BCUT2D eigenvalue weighted by Crippen LogP contribution is -2.67. The minimum absolute atomic E-state index is 0.0979. The molecule has 26 heavy (non-hydrogen) atoms. The van der Waals surface area contributed by atoms with E-state index in [-0.39, 0.29) is 12.5 Å². The zero-order chi connectivity index (χ0) is 20.4. The molecule has 0 aliphatic carbocycles. The van der Waals surface area contributed by atoms with Crippen LogP contribution in [0.2, 0.25) is 0 Å². The van der Waals surface area contributed by atoms with Gasteiger partial charge in [-0.3, -0.25) is 5.43 Å². The van der Waals surface area contributed by atoms with Gasteiger partial charge in [0.05, 0.1) is 16.5 Å². The lowest BCUT2D eigenvalue weighted by molar-refractivity contribution is -0.297. The molecule has 0 atom stereocenters. The van der Waals surface area contributed by atoms with Crippen LogP contribution in [0, 0.1) is 11.3 Å². The smallest absolute Gasteiger partial charge is 0.315 e. The van der Waals surface area contributed by atoms with Crippen LogP contribution in [0.1, 0.15) is 12.5 Å². The van der Waals surface area contributed by atoms with Crippen molar-refractivity contribution in [3.63, 3.8) is 0 Å².